The van der Waals surface area contributed by atoms with Crippen molar-refractivity contribution in [3.8, 4) is 0 Å². The second-order valence-corrected chi connectivity index (χ2v) is 7.91. The molecule has 0 saturated carbocycles. The molecule has 2 N–H and O–H groups in total. The summed E-state index contributed by atoms with van der Waals surface area (Å²) in [7, 11) is 0. The largest absolute Gasteiger partial charge is 0.353 e. The summed E-state index contributed by atoms with van der Waals surface area (Å²) in [6, 6.07) is 6.89. The SMILES string of the molecule is CCc1ccc(NC(=O)CC2C(=O)NCCN2C(=O)CN2CCN(CC)CC2)cc1. The van der Waals surface area contributed by atoms with Crippen LogP contribution in [0.5, 0.6) is 0 Å². The van der Waals surface area contributed by atoms with Crippen molar-refractivity contribution < 1.29 is 14.4 Å². The standard InChI is InChI=1S/C22H33N5O3/c1-3-17-5-7-18(8-6-17)24-20(28)15-19-22(30)23-9-10-27(19)21(29)16-26-13-11-25(4-2)12-14-26/h5-8,19H,3-4,9-16H2,1-2H3,(H,23,30)(H,24,28). The number of aryl methyl sites for hydroxylation is 1. The maximum atomic E-state index is 12.9. The molecule has 0 bridgehead atoms. The molecule has 8 heteroatoms. The third kappa shape index (κ3) is 5.79. The normalized spacial score (nSPS) is 20.7. The lowest BCUT2D eigenvalue weighted by Crippen LogP contribution is -2.60. The molecule has 2 aliphatic heterocycles. The molecule has 0 aliphatic carbocycles. The Morgan fingerprint density at radius 1 is 1.03 bits per heavy atom. The number of amides is 3. The molecule has 8 nitrogen and oxygen atoms in total. The molecule has 30 heavy (non-hydrogen) atoms. The number of hydrogen-bond donors (Lipinski definition) is 2. The summed E-state index contributed by atoms with van der Waals surface area (Å²) in [5.74, 6) is -0.613. The van der Waals surface area contributed by atoms with Crippen LogP contribution in [0, 0.1) is 0 Å². The third-order valence-electron chi connectivity index (χ3n) is 5.95. The lowest BCUT2D eigenvalue weighted by molar-refractivity contribution is -0.145. The van der Waals surface area contributed by atoms with Crippen LogP contribution in [0.25, 0.3) is 0 Å². The van der Waals surface area contributed by atoms with E-state index < -0.39 is 6.04 Å². The van der Waals surface area contributed by atoms with Gasteiger partial charge < -0.3 is 20.4 Å². The van der Waals surface area contributed by atoms with E-state index in [2.05, 4.69) is 34.3 Å². The Kier molecular flexibility index (Phi) is 7.81. The Balaban J connectivity index is 1.57. The van der Waals surface area contributed by atoms with Gasteiger partial charge in [0.05, 0.1) is 13.0 Å². The number of nitrogens with zero attached hydrogens (tertiary/aromatic N) is 3. The first-order chi connectivity index (χ1) is 14.5. The van der Waals surface area contributed by atoms with E-state index in [1.54, 1.807) is 4.90 Å². The van der Waals surface area contributed by atoms with Crippen molar-refractivity contribution in [1.82, 2.24) is 20.0 Å². The van der Waals surface area contributed by atoms with Gasteiger partial charge in [0, 0.05) is 45.0 Å². The minimum atomic E-state index is -0.766. The number of benzene rings is 1. The molecule has 164 valence electrons. The lowest BCUT2D eigenvalue weighted by atomic mass is 10.1. The Morgan fingerprint density at radius 3 is 2.33 bits per heavy atom. The van der Waals surface area contributed by atoms with Gasteiger partial charge in [-0.25, -0.2) is 0 Å². The molecule has 1 aromatic rings. The van der Waals surface area contributed by atoms with Gasteiger partial charge in [0.2, 0.25) is 17.7 Å². The fourth-order valence-electron chi connectivity index (χ4n) is 3.97. The first-order valence-electron chi connectivity index (χ1n) is 10.9. The lowest BCUT2D eigenvalue weighted by Gasteiger charge is -2.38. The summed E-state index contributed by atoms with van der Waals surface area (Å²) in [6.07, 6.45) is 0.887. The van der Waals surface area contributed by atoms with Crippen LogP contribution in [0.15, 0.2) is 24.3 Å². The molecule has 1 aromatic carbocycles. The van der Waals surface area contributed by atoms with Crippen LogP contribution in [-0.4, -0.2) is 90.8 Å². The van der Waals surface area contributed by atoms with Gasteiger partial charge in [0.1, 0.15) is 6.04 Å². The molecule has 1 atom stereocenters. The topological polar surface area (TPSA) is 85.0 Å². The van der Waals surface area contributed by atoms with Gasteiger partial charge in [-0.3, -0.25) is 19.3 Å². The van der Waals surface area contributed by atoms with Crippen molar-refractivity contribution in [2.75, 3.05) is 57.7 Å². The molecule has 2 fully saturated rings. The minimum absolute atomic E-state index is 0.0449. The summed E-state index contributed by atoms with van der Waals surface area (Å²) >= 11 is 0. The number of piperazine rings is 2. The van der Waals surface area contributed by atoms with Crippen LogP contribution < -0.4 is 10.6 Å². The number of anilines is 1. The van der Waals surface area contributed by atoms with Crippen LogP contribution in [0.2, 0.25) is 0 Å². The van der Waals surface area contributed by atoms with Crippen LogP contribution in [0.1, 0.15) is 25.8 Å². The number of likely N-dealkylation sites (N-methyl/N-ethyl adjacent to an activating group) is 1. The van der Waals surface area contributed by atoms with Gasteiger partial charge in [-0.1, -0.05) is 26.0 Å². The third-order valence-corrected chi connectivity index (χ3v) is 5.95. The highest BCUT2D eigenvalue weighted by Crippen LogP contribution is 2.14. The minimum Gasteiger partial charge on any atom is -0.353 e. The number of carbonyl (C=O) groups excluding carboxylic acids is 3. The average molecular weight is 416 g/mol. The number of carbonyl (C=O) groups is 3. The summed E-state index contributed by atoms with van der Waals surface area (Å²) in [5.41, 5.74) is 1.89. The molecule has 3 amide bonds. The maximum absolute atomic E-state index is 12.9. The van der Waals surface area contributed by atoms with E-state index in [1.807, 2.05) is 24.3 Å². The number of nitrogens with one attached hydrogen (secondary N) is 2. The summed E-state index contributed by atoms with van der Waals surface area (Å²) in [4.78, 5) is 44.0. The van der Waals surface area contributed by atoms with Crippen molar-refractivity contribution in [2.45, 2.75) is 32.7 Å². The van der Waals surface area contributed by atoms with E-state index in [9.17, 15) is 14.4 Å². The average Bonchev–Trinajstić information content (AvgIpc) is 2.76. The van der Waals surface area contributed by atoms with Crippen molar-refractivity contribution in [3.05, 3.63) is 29.8 Å². The van der Waals surface area contributed by atoms with Crippen molar-refractivity contribution in [1.29, 1.82) is 0 Å². The zero-order valence-corrected chi connectivity index (χ0v) is 18.0. The van der Waals surface area contributed by atoms with E-state index in [4.69, 9.17) is 0 Å². The van der Waals surface area contributed by atoms with Crippen molar-refractivity contribution in [3.63, 3.8) is 0 Å². The van der Waals surface area contributed by atoms with Gasteiger partial charge in [-0.05, 0) is 30.7 Å². The Hall–Kier alpha value is -2.45. The predicted octanol–water partition coefficient (Wildman–Crippen LogP) is 0.542. The van der Waals surface area contributed by atoms with Crippen LogP contribution in [0.3, 0.4) is 0 Å². The Morgan fingerprint density at radius 2 is 1.70 bits per heavy atom. The molecule has 2 aliphatic rings. The smallest absolute Gasteiger partial charge is 0.243 e. The van der Waals surface area contributed by atoms with E-state index in [0.29, 0.717) is 25.3 Å². The first-order valence-corrected chi connectivity index (χ1v) is 10.9. The zero-order chi connectivity index (χ0) is 21.5. The molecule has 0 radical (unpaired) electrons. The van der Waals surface area contributed by atoms with Gasteiger partial charge in [-0.15, -0.1) is 0 Å². The molecule has 1 unspecified atom stereocenters. The van der Waals surface area contributed by atoms with Gasteiger partial charge in [-0.2, -0.15) is 0 Å². The van der Waals surface area contributed by atoms with Crippen LogP contribution >= 0.6 is 0 Å². The van der Waals surface area contributed by atoms with Gasteiger partial charge >= 0.3 is 0 Å². The van der Waals surface area contributed by atoms with E-state index in [-0.39, 0.29) is 24.1 Å². The number of rotatable bonds is 7. The van der Waals surface area contributed by atoms with E-state index >= 15 is 0 Å². The van der Waals surface area contributed by atoms with Crippen LogP contribution in [0.4, 0.5) is 5.69 Å². The summed E-state index contributed by atoms with van der Waals surface area (Å²) in [5, 5.41) is 5.63. The molecule has 0 aromatic heterocycles. The second-order valence-electron chi connectivity index (χ2n) is 7.91. The zero-order valence-electron chi connectivity index (χ0n) is 18.0. The summed E-state index contributed by atoms with van der Waals surface area (Å²) in [6.45, 7) is 9.98. The van der Waals surface area contributed by atoms with Gasteiger partial charge in [0.25, 0.3) is 0 Å². The molecule has 2 heterocycles. The van der Waals surface area contributed by atoms with Crippen molar-refractivity contribution in [2.24, 2.45) is 0 Å². The quantitative estimate of drug-likeness (QED) is 0.679. The highest BCUT2D eigenvalue weighted by atomic mass is 16.2. The van der Waals surface area contributed by atoms with Gasteiger partial charge in [0.15, 0.2) is 0 Å². The maximum Gasteiger partial charge on any atom is 0.243 e. The summed E-state index contributed by atoms with van der Waals surface area (Å²) < 4.78 is 0. The fourth-order valence-corrected chi connectivity index (χ4v) is 3.97. The molecule has 2 saturated heterocycles. The van der Waals surface area contributed by atoms with E-state index in [0.717, 1.165) is 39.1 Å². The molecular formula is C22H33N5O3. The Bertz CT molecular complexity index is 744. The molecule has 3 rings (SSSR count). The van der Waals surface area contributed by atoms with E-state index in [1.165, 1.54) is 5.56 Å². The molecule has 0 spiro atoms. The molecular weight excluding hydrogens is 382 g/mol. The first kappa shape index (κ1) is 22.2. The Labute approximate surface area is 178 Å². The van der Waals surface area contributed by atoms with Crippen molar-refractivity contribution >= 4 is 23.4 Å². The monoisotopic (exact) mass is 415 g/mol. The van der Waals surface area contributed by atoms with Crippen LogP contribution in [-0.2, 0) is 20.8 Å². The fraction of sp³-hybridized carbons (Fsp3) is 0.591. The number of hydrogen-bond acceptors (Lipinski definition) is 5. The highest BCUT2D eigenvalue weighted by molar-refractivity contribution is 5.97. The second kappa shape index (κ2) is 10.5. The predicted molar refractivity (Wildman–Crippen MR) is 116 cm³/mol. The highest BCUT2D eigenvalue weighted by Gasteiger charge is 2.35.